The maximum atomic E-state index is 10.6. The highest BCUT2D eigenvalue weighted by Gasteiger charge is 2.36. The van der Waals surface area contributed by atoms with E-state index in [1.54, 1.807) is 20.8 Å². The van der Waals surface area contributed by atoms with Crippen LogP contribution in [0.2, 0.25) is 0 Å². The van der Waals surface area contributed by atoms with Gasteiger partial charge < -0.3 is 19.7 Å². The molecular weight excluding hydrogens is 298 g/mol. The van der Waals surface area contributed by atoms with Gasteiger partial charge in [-0.2, -0.15) is 4.91 Å². The van der Waals surface area contributed by atoms with Crippen LogP contribution in [-0.2, 0) is 16.1 Å². The predicted octanol–water partition coefficient (Wildman–Crippen LogP) is 2.27. The number of hydrogen-bond acceptors (Lipinski definition) is 6. The summed E-state index contributed by atoms with van der Waals surface area (Å²) in [6, 6.07) is 9.06. The maximum absolute atomic E-state index is 10.6. The topological polar surface area (TPSA) is 88.4 Å². The summed E-state index contributed by atoms with van der Waals surface area (Å²) >= 11 is 0. The molecule has 0 radical (unpaired) electrons. The van der Waals surface area contributed by atoms with Crippen LogP contribution in [0, 0.1) is 4.91 Å². The summed E-state index contributed by atoms with van der Waals surface area (Å²) in [5.41, 5.74) is 0.572. The molecule has 0 amide bonds. The van der Waals surface area contributed by atoms with Crippen molar-refractivity contribution in [3.05, 3.63) is 40.8 Å². The average Bonchev–Trinajstić information content (AvgIpc) is 2.94. The molecule has 2 rings (SSSR count). The molecule has 6 heteroatoms. The molecule has 3 atom stereocenters. The zero-order valence-corrected chi connectivity index (χ0v) is 14.0. The normalized spacial score (nSPS) is 22.1. The third kappa shape index (κ3) is 8.18. The van der Waals surface area contributed by atoms with Crippen LogP contribution >= 0.6 is 0 Å². The van der Waals surface area contributed by atoms with Crippen LogP contribution in [-0.4, -0.2) is 47.3 Å². The molecule has 0 aromatic heterocycles. The summed E-state index contributed by atoms with van der Waals surface area (Å²) in [7, 11) is 0. The van der Waals surface area contributed by atoms with Gasteiger partial charge in [0.05, 0.1) is 24.9 Å². The van der Waals surface area contributed by atoms with Crippen molar-refractivity contribution >= 4 is 0 Å². The molecule has 0 spiro atoms. The molecule has 2 N–H and O–H groups in total. The molecule has 130 valence electrons. The van der Waals surface area contributed by atoms with Crippen molar-refractivity contribution in [2.75, 3.05) is 13.2 Å². The minimum Gasteiger partial charge on any atom is -0.394 e. The van der Waals surface area contributed by atoms with Crippen LogP contribution in [0.25, 0.3) is 0 Å². The Balaban J connectivity index is 0.000000463. The largest absolute Gasteiger partial charge is 0.394 e. The second-order valence-electron chi connectivity index (χ2n) is 6.49. The molecule has 1 fully saturated rings. The molecule has 1 aromatic carbocycles. The maximum Gasteiger partial charge on any atom is 0.143 e. The summed E-state index contributed by atoms with van der Waals surface area (Å²) < 4.78 is 11.2. The van der Waals surface area contributed by atoms with E-state index < -0.39 is 17.7 Å². The fraction of sp³-hybridized carbons (Fsp3) is 0.647. The van der Waals surface area contributed by atoms with E-state index in [1.807, 2.05) is 30.3 Å². The van der Waals surface area contributed by atoms with Crippen LogP contribution in [0.15, 0.2) is 35.5 Å². The van der Waals surface area contributed by atoms with E-state index in [9.17, 15) is 4.91 Å². The highest BCUT2D eigenvalue weighted by atomic mass is 16.6. The van der Waals surface area contributed by atoms with Crippen molar-refractivity contribution < 1.29 is 19.7 Å². The van der Waals surface area contributed by atoms with Gasteiger partial charge in [-0.05, 0) is 32.8 Å². The Morgan fingerprint density at radius 1 is 1.35 bits per heavy atom. The molecule has 23 heavy (non-hydrogen) atoms. The first-order valence-electron chi connectivity index (χ1n) is 7.78. The van der Waals surface area contributed by atoms with E-state index in [-0.39, 0.29) is 12.7 Å². The van der Waals surface area contributed by atoms with Gasteiger partial charge in [-0.25, -0.2) is 0 Å². The second-order valence-corrected chi connectivity index (χ2v) is 6.49. The number of nitrogens with zero attached hydrogens (tertiary/aromatic N) is 1. The molecule has 1 aliphatic heterocycles. The van der Waals surface area contributed by atoms with Crippen LogP contribution in [0.5, 0.6) is 0 Å². The molecule has 3 unspecified atom stereocenters. The van der Waals surface area contributed by atoms with Crippen molar-refractivity contribution in [2.45, 2.75) is 57.6 Å². The first-order valence-corrected chi connectivity index (χ1v) is 7.78. The lowest BCUT2D eigenvalue weighted by molar-refractivity contribution is -0.0347. The van der Waals surface area contributed by atoms with Gasteiger partial charge in [0.25, 0.3) is 0 Å². The van der Waals surface area contributed by atoms with Gasteiger partial charge in [-0.1, -0.05) is 35.5 Å². The number of benzene rings is 1. The van der Waals surface area contributed by atoms with E-state index in [2.05, 4.69) is 5.18 Å². The Hall–Kier alpha value is -1.34. The number of nitroso groups, excluding NO2 is 1. The van der Waals surface area contributed by atoms with E-state index >= 15 is 0 Å². The molecule has 1 aliphatic rings. The Bertz CT molecular complexity index is 440. The number of hydrogen-bond donors (Lipinski definition) is 2. The summed E-state index contributed by atoms with van der Waals surface area (Å²) in [6.45, 7) is 5.94. The second kappa shape index (κ2) is 9.72. The lowest BCUT2D eigenvalue weighted by atomic mass is 10.1. The summed E-state index contributed by atoms with van der Waals surface area (Å²) in [5.74, 6) is 0. The van der Waals surface area contributed by atoms with E-state index in [1.165, 1.54) is 0 Å². The lowest BCUT2D eigenvalue weighted by Crippen LogP contribution is -2.37. The molecule has 0 saturated carbocycles. The monoisotopic (exact) mass is 325 g/mol. The number of ether oxygens (including phenoxy) is 2. The summed E-state index contributed by atoms with van der Waals surface area (Å²) in [4.78, 5) is 10.6. The third-order valence-corrected chi connectivity index (χ3v) is 3.09. The van der Waals surface area contributed by atoms with Crippen LogP contribution < -0.4 is 0 Å². The summed E-state index contributed by atoms with van der Waals surface area (Å²) in [6.07, 6.45) is 0.111. The summed E-state index contributed by atoms with van der Waals surface area (Å²) in [5, 5.41) is 20.5. The highest BCUT2D eigenvalue weighted by molar-refractivity contribution is 5.13. The molecule has 1 aromatic rings. The van der Waals surface area contributed by atoms with Crippen molar-refractivity contribution in [2.24, 2.45) is 5.18 Å². The Labute approximate surface area is 137 Å². The fourth-order valence-corrected chi connectivity index (χ4v) is 2.10. The third-order valence-electron chi connectivity index (χ3n) is 3.09. The molecular formula is C17H27NO5. The van der Waals surface area contributed by atoms with Gasteiger partial charge in [-0.3, -0.25) is 0 Å². The van der Waals surface area contributed by atoms with E-state index in [4.69, 9.17) is 19.7 Å². The van der Waals surface area contributed by atoms with Crippen molar-refractivity contribution in [3.63, 3.8) is 0 Å². The number of aliphatic hydroxyl groups is 2. The van der Waals surface area contributed by atoms with Crippen LogP contribution in [0.4, 0.5) is 0 Å². The first-order chi connectivity index (χ1) is 10.8. The predicted molar refractivity (Wildman–Crippen MR) is 88.0 cm³/mol. The zero-order chi connectivity index (χ0) is 17.3. The highest BCUT2D eigenvalue weighted by Crippen LogP contribution is 2.22. The van der Waals surface area contributed by atoms with Crippen molar-refractivity contribution in [1.82, 2.24) is 0 Å². The Morgan fingerprint density at radius 2 is 1.96 bits per heavy atom. The molecule has 1 heterocycles. The lowest BCUT2D eigenvalue weighted by Gasteiger charge is -2.21. The van der Waals surface area contributed by atoms with Crippen LogP contribution in [0.1, 0.15) is 32.8 Å². The number of rotatable bonds is 6. The standard InChI is InChI=1S/C13H17NO4.C4H10O/c15-8-11(14-16)13-12(6-7-17-13)18-9-10-4-2-1-3-5-10;1-4(2,3)5/h1-5,11-13,15H,6-9H2;5H,1-3H3. The zero-order valence-electron chi connectivity index (χ0n) is 14.0. The minimum atomic E-state index is -0.742. The van der Waals surface area contributed by atoms with Crippen LogP contribution in [0.3, 0.4) is 0 Å². The van der Waals surface area contributed by atoms with Crippen molar-refractivity contribution in [3.8, 4) is 0 Å². The Kier molecular flexibility index (Phi) is 8.33. The van der Waals surface area contributed by atoms with Gasteiger partial charge in [0.15, 0.2) is 0 Å². The Morgan fingerprint density at radius 3 is 2.48 bits per heavy atom. The molecule has 0 bridgehead atoms. The number of aliphatic hydroxyl groups excluding tert-OH is 1. The fourth-order valence-electron chi connectivity index (χ4n) is 2.10. The van der Waals surface area contributed by atoms with Gasteiger partial charge >= 0.3 is 0 Å². The van der Waals surface area contributed by atoms with E-state index in [0.717, 1.165) is 12.0 Å². The average molecular weight is 325 g/mol. The van der Waals surface area contributed by atoms with Gasteiger partial charge in [0.2, 0.25) is 0 Å². The molecule has 6 nitrogen and oxygen atoms in total. The minimum absolute atomic E-state index is 0.181. The first kappa shape index (κ1) is 19.7. The van der Waals surface area contributed by atoms with Gasteiger partial charge in [-0.15, -0.1) is 0 Å². The van der Waals surface area contributed by atoms with E-state index in [0.29, 0.717) is 13.2 Å². The van der Waals surface area contributed by atoms with Gasteiger partial charge in [0, 0.05) is 6.61 Å². The molecule has 0 aliphatic carbocycles. The van der Waals surface area contributed by atoms with Gasteiger partial charge in [0.1, 0.15) is 12.1 Å². The SMILES string of the molecule is CC(C)(C)O.O=NC(CO)C1OCCC1OCc1ccccc1. The quantitative estimate of drug-likeness (QED) is 0.783. The van der Waals surface area contributed by atoms with Crippen molar-refractivity contribution in [1.29, 1.82) is 0 Å². The smallest absolute Gasteiger partial charge is 0.143 e. The molecule has 1 saturated heterocycles.